The van der Waals surface area contributed by atoms with Crippen molar-refractivity contribution in [1.82, 2.24) is 19.6 Å². The van der Waals surface area contributed by atoms with Crippen LogP contribution >= 0.6 is 11.6 Å². The van der Waals surface area contributed by atoms with E-state index in [1.54, 1.807) is 0 Å². The molecule has 1 aromatic carbocycles. The third kappa shape index (κ3) is 3.12. The van der Waals surface area contributed by atoms with Crippen LogP contribution in [0.3, 0.4) is 0 Å². The summed E-state index contributed by atoms with van der Waals surface area (Å²) in [5.74, 6) is 1.86. The largest absolute Gasteiger partial charge is 0.339 e. The molecule has 0 radical (unpaired) electrons. The first-order chi connectivity index (χ1) is 13.0. The van der Waals surface area contributed by atoms with Crippen LogP contribution in [0.1, 0.15) is 60.7 Å². The van der Waals surface area contributed by atoms with E-state index >= 15 is 0 Å². The molecule has 2 aromatic heterocycles. The number of hydrogen-bond acceptors (Lipinski definition) is 4. The van der Waals surface area contributed by atoms with E-state index in [1.807, 2.05) is 54.6 Å². The fraction of sp³-hybridized carbons (Fsp3) is 0.450. The van der Waals surface area contributed by atoms with Crippen LogP contribution in [0, 0.1) is 0 Å². The van der Waals surface area contributed by atoms with E-state index in [4.69, 9.17) is 16.1 Å². The lowest BCUT2D eigenvalue weighted by Crippen LogP contribution is -2.39. The zero-order valence-electron chi connectivity index (χ0n) is 15.8. The van der Waals surface area contributed by atoms with Crippen molar-refractivity contribution in [3.05, 3.63) is 46.7 Å². The van der Waals surface area contributed by atoms with Gasteiger partial charge < -0.3 is 14.0 Å². The highest BCUT2D eigenvalue weighted by molar-refractivity contribution is 6.38. The smallest absolute Gasteiger partial charge is 0.272 e. The number of rotatable bonds is 3. The Morgan fingerprint density at radius 1 is 1.26 bits per heavy atom. The summed E-state index contributed by atoms with van der Waals surface area (Å²) in [4.78, 5) is 19.5. The van der Waals surface area contributed by atoms with Crippen molar-refractivity contribution in [2.75, 3.05) is 13.1 Å². The number of benzene rings is 1. The number of carbonyl (C=O) groups excluding carboxylic acids is 1. The van der Waals surface area contributed by atoms with Gasteiger partial charge >= 0.3 is 0 Å². The van der Waals surface area contributed by atoms with Gasteiger partial charge in [-0.3, -0.25) is 4.79 Å². The summed E-state index contributed by atoms with van der Waals surface area (Å²) >= 11 is 6.53. The minimum Gasteiger partial charge on any atom is -0.339 e. The molecule has 3 aromatic rings. The molecule has 1 amide bonds. The van der Waals surface area contributed by atoms with E-state index in [9.17, 15) is 4.79 Å². The highest BCUT2D eigenvalue weighted by atomic mass is 35.5. The average molecular weight is 387 g/mol. The number of aryl methyl sites for hydroxylation is 1. The number of nitrogens with zero attached hydrogens (tertiary/aromatic N) is 4. The van der Waals surface area contributed by atoms with Crippen LogP contribution in [-0.4, -0.2) is 38.6 Å². The molecule has 0 bridgehead atoms. The predicted octanol–water partition coefficient (Wildman–Crippen LogP) is 4.36. The molecule has 0 N–H and O–H groups in total. The SMILES string of the molecule is CC(C)c1nc(C2CCN(C(=O)c3c(Cl)c4ccccc4n3C)CC2)no1. The minimum absolute atomic E-state index is 0.0202. The zero-order chi connectivity index (χ0) is 19.1. The Balaban J connectivity index is 1.50. The van der Waals surface area contributed by atoms with Crippen molar-refractivity contribution in [2.24, 2.45) is 7.05 Å². The number of likely N-dealkylation sites (tertiary alicyclic amines) is 1. The van der Waals surface area contributed by atoms with Crippen LogP contribution in [0.15, 0.2) is 28.8 Å². The molecular weight excluding hydrogens is 364 g/mol. The topological polar surface area (TPSA) is 64.2 Å². The molecule has 0 aliphatic carbocycles. The Hall–Kier alpha value is -2.34. The van der Waals surface area contributed by atoms with Crippen LogP contribution in [0.2, 0.25) is 5.02 Å². The summed E-state index contributed by atoms with van der Waals surface area (Å²) in [6, 6.07) is 7.81. The molecule has 1 aliphatic heterocycles. The van der Waals surface area contributed by atoms with Crippen molar-refractivity contribution >= 4 is 28.4 Å². The molecule has 0 unspecified atom stereocenters. The molecule has 0 atom stereocenters. The lowest BCUT2D eigenvalue weighted by molar-refractivity contribution is 0.0701. The van der Waals surface area contributed by atoms with Crippen molar-refractivity contribution in [1.29, 1.82) is 0 Å². The molecule has 0 saturated carbocycles. The first-order valence-electron chi connectivity index (χ1n) is 9.33. The number of amides is 1. The van der Waals surface area contributed by atoms with Gasteiger partial charge in [-0.25, -0.2) is 0 Å². The van der Waals surface area contributed by atoms with E-state index in [0.717, 1.165) is 29.6 Å². The average Bonchev–Trinajstić information content (AvgIpc) is 3.26. The van der Waals surface area contributed by atoms with Gasteiger partial charge in [-0.1, -0.05) is 48.8 Å². The Morgan fingerprint density at radius 2 is 1.96 bits per heavy atom. The van der Waals surface area contributed by atoms with Gasteiger partial charge in [0.2, 0.25) is 5.89 Å². The minimum atomic E-state index is -0.0202. The summed E-state index contributed by atoms with van der Waals surface area (Å²) in [6.07, 6.45) is 1.65. The van der Waals surface area contributed by atoms with Gasteiger partial charge in [0.15, 0.2) is 5.82 Å². The number of halogens is 1. The molecule has 4 rings (SSSR count). The summed E-state index contributed by atoms with van der Waals surface area (Å²) in [5, 5.41) is 5.57. The number of carbonyl (C=O) groups is 1. The lowest BCUT2D eigenvalue weighted by Gasteiger charge is -2.30. The van der Waals surface area contributed by atoms with Gasteiger partial charge in [-0.15, -0.1) is 0 Å². The second-order valence-electron chi connectivity index (χ2n) is 7.45. The molecule has 1 saturated heterocycles. The van der Waals surface area contributed by atoms with Gasteiger partial charge in [0, 0.05) is 42.9 Å². The lowest BCUT2D eigenvalue weighted by atomic mass is 9.96. The molecule has 3 heterocycles. The number of fused-ring (bicyclic) bond motifs is 1. The molecular formula is C20H23ClN4O2. The van der Waals surface area contributed by atoms with E-state index in [0.29, 0.717) is 29.7 Å². The summed E-state index contributed by atoms with van der Waals surface area (Å²) in [6.45, 7) is 5.39. The maximum atomic E-state index is 13.1. The van der Waals surface area contributed by atoms with Crippen molar-refractivity contribution in [3.63, 3.8) is 0 Å². The maximum Gasteiger partial charge on any atom is 0.272 e. The summed E-state index contributed by atoms with van der Waals surface area (Å²) in [7, 11) is 1.89. The third-order valence-electron chi connectivity index (χ3n) is 5.35. The predicted molar refractivity (Wildman–Crippen MR) is 104 cm³/mol. The molecule has 0 spiro atoms. The van der Waals surface area contributed by atoms with Gasteiger partial charge in [0.1, 0.15) is 5.69 Å². The zero-order valence-corrected chi connectivity index (χ0v) is 16.5. The molecule has 1 fully saturated rings. The normalized spacial score (nSPS) is 15.8. The van der Waals surface area contributed by atoms with E-state index in [-0.39, 0.29) is 17.7 Å². The van der Waals surface area contributed by atoms with E-state index < -0.39 is 0 Å². The Labute approximate surface area is 163 Å². The van der Waals surface area contributed by atoms with Crippen LogP contribution < -0.4 is 0 Å². The second kappa shape index (κ2) is 7.00. The quantitative estimate of drug-likeness (QED) is 0.671. The summed E-state index contributed by atoms with van der Waals surface area (Å²) < 4.78 is 7.21. The van der Waals surface area contributed by atoms with Gasteiger partial charge in [-0.05, 0) is 18.9 Å². The number of piperidine rings is 1. The molecule has 6 nitrogen and oxygen atoms in total. The van der Waals surface area contributed by atoms with E-state index in [1.165, 1.54) is 0 Å². The van der Waals surface area contributed by atoms with Crippen LogP contribution in [0.25, 0.3) is 10.9 Å². The monoisotopic (exact) mass is 386 g/mol. The Morgan fingerprint density at radius 3 is 2.59 bits per heavy atom. The third-order valence-corrected chi connectivity index (χ3v) is 5.73. The van der Waals surface area contributed by atoms with Gasteiger partial charge in [0.25, 0.3) is 5.91 Å². The van der Waals surface area contributed by atoms with Crippen molar-refractivity contribution < 1.29 is 9.32 Å². The van der Waals surface area contributed by atoms with Crippen molar-refractivity contribution in [3.8, 4) is 0 Å². The maximum absolute atomic E-state index is 13.1. The highest BCUT2D eigenvalue weighted by Gasteiger charge is 2.30. The number of hydrogen-bond donors (Lipinski definition) is 0. The van der Waals surface area contributed by atoms with Gasteiger partial charge in [-0.2, -0.15) is 4.98 Å². The van der Waals surface area contributed by atoms with Crippen molar-refractivity contribution in [2.45, 2.75) is 38.5 Å². The van der Waals surface area contributed by atoms with Crippen LogP contribution in [0.5, 0.6) is 0 Å². The first-order valence-corrected chi connectivity index (χ1v) is 9.70. The molecule has 142 valence electrons. The standard InChI is InChI=1S/C20H23ClN4O2/c1-12(2)19-22-18(23-27-19)13-8-10-25(11-9-13)20(26)17-16(21)14-6-4-5-7-15(14)24(17)3/h4-7,12-13H,8-11H2,1-3H3. The second-order valence-corrected chi connectivity index (χ2v) is 7.83. The van der Waals surface area contributed by atoms with Crippen LogP contribution in [0.4, 0.5) is 0 Å². The highest BCUT2D eigenvalue weighted by Crippen LogP contribution is 2.33. The molecule has 1 aliphatic rings. The molecule has 27 heavy (non-hydrogen) atoms. The number of aromatic nitrogens is 3. The molecule has 7 heteroatoms. The fourth-order valence-corrected chi connectivity index (χ4v) is 4.09. The Kier molecular flexibility index (Phi) is 4.68. The first kappa shape index (κ1) is 18.0. The van der Waals surface area contributed by atoms with Crippen LogP contribution in [-0.2, 0) is 7.05 Å². The summed E-state index contributed by atoms with van der Waals surface area (Å²) in [5.41, 5.74) is 1.52. The fourth-order valence-electron chi connectivity index (χ4n) is 3.72. The van der Waals surface area contributed by atoms with E-state index in [2.05, 4.69) is 10.1 Å². The van der Waals surface area contributed by atoms with Gasteiger partial charge in [0.05, 0.1) is 5.02 Å². The number of para-hydroxylation sites is 1. The Bertz CT molecular complexity index is 944.